The predicted molar refractivity (Wildman–Crippen MR) is 75.4 cm³/mol. The molecule has 0 bridgehead atoms. The summed E-state index contributed by atoms with van der Waals surface area (Å²) in [5.41, 5.74) is 3.13. The first-order chi connectivity index (χ1) is 8.60. The van der Waals surface area contributed by atoms with E-state index < -0.39 is 6.10 Å². The van der Waals surface area contributed by atoms with E-state index in [1.54, 1.807) is 0 Å². The van der Waals surface area contributed by atoms with Gasteiger partial charge in [0.15, 0.2) is 0 Å². The van der Waals surface area contributed by atoms with Crippen molar-refractivity contribution in [2.45, 2.75) is 32.9 Å². The van der Waals surface area contributed by atoms with Gasteiger partial charge < -0.3 is 5.11 Å². The van der Waals surface area contributed by atoms with E-state index in [1.165, 1.54) is 0 Å². The first-order valence-electron chi connectivity index (χ1n) is 6.05. The van der Waals surface area contributed by atoms with Crippen LogP contribution in [0.3, 0.4) is 0 Å². The van der Waals surface area contributed by atoms with E-state index >= 15 is 0 Å². The van der Waals surface area contributed by atoms with Crippen molar-refractivity contribution in [3.8, 4) is 0 Å². The molecular weight excluding hydrogens is 292 g/mol. The van der Waals surface area contributed by atoms with Gasteiger partial charge in [-0.3, -0.25) is 4.68 Å². The highest BCUT2D eigenvalue weighted by atomic mass is 79.9. The summed E-state index contributed by atoms with van der Waals surface area (Å²) in [7, 11) is 0. The van der Waals surface area contributed by atoms with Gasteiger partial charge >= 0.3 is 0 Å². The van der Waals surface area contributed by atoms with E-state index in [0.717, 1.165) is 27.7 Å². The van der Waals surface area contributed by atoms with Gasteiger partial charge in [0.2, 0.25) is 0 Å². The third-order valence-electron chi connectivity index (χ3n) is 2.95. The molecule has 18 heavy (non-hydrogen) atoms. The fraction of sp³-hybridized carbons (Fsp3) is 0.357. The van der Waals surface area contributed by atoms with Crippen LogP contribution in [0.5, 0.6) is 0 Å². The highest BCUT2D eigenvalue weighted by Crippen LogP contribution is 2.27. The summed E-state index contributed by atoms with van der Waals surface area (Å²) in [5.74, 6) is 0. The molecule has 0 aliphatic rings. The topological polar surface area (TPSA) is 38.0 Å². The minimum Gasteiger partial charge on any atom is -0.388 e. The Morgan fingerprint density at radius 3 is 2.89 bits per heavy atom. The van der Waals surface area contributed by atoms with Crippen LogP contribution in [0, 0.1) is 6.92 Å². The van der Waals surface area contributed by atoms with Crippen LogP contribution in [0.1, 0.15) is 29.7 Å². The number of hydrogen-bond donors (Lipinski definition) is 1. The maximum absolute atomic E-state index is 10.3. The lowest BCUT2D eigenvalue weighted by atomic mass is 10.0. The number of benzene rings is 1. The van der Waals surface area contributed by atoms with Crippen molar-refractivity contribution < 1.29 is 5.11 Å². The summed E-state index contributed by atoms with van der Waals surface area (Å²) in [4.78, 5) is 0. The molecule has 3 nitrogen and oxygen atoms in total. The SMILES string of the molecule is CCn1cc(CC(O)c2cc(C)ccc2Br)cn1. The Hall–Kier alpha value is -1.13. The number of aliphatic hydroxyl groups excluding tert-OH is 1. The molecule has 0 saturated carbocycles. The molecule has 0 spiro atoms. The Morgan fingerprint density at radius 2 is 2.22 bits per heavy atom. The van der Waals surface area contributed by atoms with Gasteiger partial charge in [0.05, 0.1) is 12.3 Å². The molecule has 1 heterocycles. The molecule has 1 atom stereocenters. The first-order valence-corrected chi connectivity index (χ1v) is 6.85. The highest BCUT2D eigenvalue weighted by Gasteiger charge is 2.13. The van der Waals surface area contributed by atoms with Crippen LogP contribution >= 0.6 is 15.9 Å². The van der Waals surface area contributed by atoms with Gasteiger partial charge in [-0.2, -0.15) is 5.10 Å². The quantitative estimate of drug-likeness (QED) is 0.941. The smallest absolute Gasteiger partial charge is 0.0842 e. The zero-order chi connectivity index (χ0) is 13.1. The Kier molecular flexibility index (Phi) is 4.19. The molecule has 0 aliphatic carbocycles. The van der Waals surface area contributed by atoms with Crippen molar-refractivity contribution in [1.82, 2.24) is 9.78 Å². The lowest BCUT2D eigenvalue weighted by Gasteiger charge is -2.12. The fourth-order valence-corrected chi connectivity index (χ4v) is 2.45. The van der Waals surface area contributed by atoms with Gasteiger partial charge in [0.1, 0.15) is 0 Å². The van der Waals surface area contributed by atoms with Crippen LogP contribution < -0.4 is 0 Å². The van der Waals surface area contributed by atoms with Gasteiger partial charge in [-0.15, -0.1) is 0 Å². The van der Waals surface area contributed by atoms with Crippen molar-refractivity contribution in [3.05, 3.63) is 51.8 Å². The molecule has 0 aliphatic heterocycles. The average Bonchev–Trinajstić information content (AvgIpc) is 2.80. The Labute approximate surface area is 116 Å². The third-order valence-corrected chi connectivity index (χ3v) is 3.67. The molecule has 0 radical (unpaired) electrons. The average molecular weight is 309 g/mol. The normalized spacial score (nSPS) is 12.7. The number of aromatic nitrogens is 2. The molecule has 1 aromatic heterocycles. The minimum absolute atomic E-state index is 0.506. The molecule has 0 amide bonds. The molecular formula is C14H17BrN2O. The first kappa shape index (κ1) is 13.3. The van der Waals surface area contributed by atoms with Crippen molar-refractivity contribution >= 4 is 15.9 Å². The van der Waals surface area contributed by atoms with Crippen LogP contribution in [-0.4, -0.2) is 14.9 Å². The molecule has 2 rings (SSSR count). The number of halogens is 1. The van der Waals surface area contributed by atoms with Gasteiger partial charge in [-0.1, -0.05) is 33.6 Å². The summed E-state index contributed by atoms with van der Waals surface area (Å²) >= 11 is 3.48. The Morgan fingerprint density at radius 1 is 1.44 bits per heavy atom. The lowest BCUT2D eigenvalue weighted by molar-refractivity contribution is 0.177. The van der Waals surface area contributed by atoms with E-state index in [1.807, 2.05) is 49.1 Å². The van der Waals surface area contributed by atoms with E-state index in [-0.39, 0.29) is 0 Å². The molecule has 1 aromatic carbocycles. The Bertz CT molecular complexity index is 536. The van der Waals surface area contributed by atoms with Gasteiger partial charge in [-0.25, -0.2) is 0 Å². The maximum atomic E-state index is 10.3. The number of hydrogen-bond acceptors (Lipinski definition) is 2. The number of rotatable bonds is 4. The van der Waals surface area contributed by atoms with Gasteiger partial charge in [0, 0.05) is 23.6 Å². The van der Waals surface area contributed by atoms with Crippen molar-refractivity contribution in [1.29, 1.82) is 0 Å². The van der Waals surface area contributed by atoms with Crippen molar-refractivity contribution in [3.63, 3.8) is 0 Å². The second-order valence-electron chi connectivity index (χ2n) is 4.45. The molecule has 1 N–H and O–H groups in total. The van der Waals surface area contributed by atoms with Gasteiger partial charge in [0.25, 0.3) is 0 Å². The van der Waals surface area contributed by atoms with E-state index in [9.17, 15) is 5.11 Å². The van der Waals surface area contributed by atoms with Crippen molar-refractivity contribution in [2.75, 3.05) is 0 Å². The summed E-state index contributed by atoms with van der Waals surface area (Å²) in [6.07, 6.45) is 3.87. The van der Waals surface area contributed by atoms with Crippen LogP contribution in [0.4, 0.5) is 0 Å². The van der Waals surface area contributed by atoms with Crippen LogP contribution in [0.15, 0.2) is 35.1 Å². The van der Waals surface area contributed by atoms with E-state index in [2.05, 4.69) is 21.0 Å². The summed E-state index contributed by atoms with van der Waals surface area (Å²) in [6.45, 7) is 4.92. The second kappa shape index (κ2) is 5.67. The lowest BCUT2D eigenvalue weighted by Crippen LogP contribution is -2.02. The summed E-state index contributed by atoms with van der Waals surface area (Å²) in [6, 6.07) is 6.01. The minimum atomic E-state index is -0.506. The third kappa shape index (κ3) is 3.00. The zero-order valence-corrected chi connectivity index (χ0v) is 12.2. The van der Waals surface area contributed by atoms with E-state index in [0.29, 0.717) is 6.42 Å². The summed E-state index contributed by atoms with van der Waals surface area (Å²) in [5, 5.41) is 14.5. The highest BCUT2D eigenvalue weighted by molar-refractivity contribution is 9.10. The predicted octanol–water partition coefficient (Wildman–Crippen LogP) is 3.25. The maximum Gasteiger partial charge on any atom is 0.0842 e. The van der Waals surface area contributed by atoms with Crippen LogP contribution in [0.25, 0.3) is 0 Å². The van der Waals surface area contributed by atoms with Gasteiger partial charge in [-0.05, 0) is 31.0 Å². The summed E-state index contributed by atoms with van der Waals surface area (Å²) < 4.78 is 2.82. The number of nitrogens with zero attached hydrogens (tertiary/aromatic N) is 2. The second-order valence-corrected chi connectivity index (χ2v) is 5.30. The molecule has 2 aromatic rings. The molecule has 0 saturated heterocycles. The fourth-order valence-electron chi connectivity index (χ4n) is 1.94. The number of aliphatic hydroxyl groups is 1. The zero-order valence-electron chi connectivity index (χ0n) is 10.6. The monoisotopic (exact) mass is 308 g/mol. The Balaban J connectivity index is 2.16. The standard InChI is InChI=1S/C14H17BrN2O/c1-3-17-9-11(8-16-17)7-14(18)12-6-10(2)4-5-13(12)15/h4-6,8-9,14,18H,3,7H2,1-2H3. The number of aryl methyl sites for hydroxylation is 2. The van der Waals surface area contributed by atoms with Crippen molar-refractivity contribution in [2.24, 2.45) is 0 Å². The van der Waals surface area contributed by atoms with E-state index in [4.69, 9.17) is 0 Å². The van der Waals surface area contributed by atoms with Crippen LogP contribution in [0.2, 0.25) is 0 Å². The molecule has 96 valence electrons. The van der Waals surface area contributed by atoms with Crippen LogP contribution in [-0.2, 0) is 13.0 Å². The molecule has 4 heteroatoms. The largest absolute Gasteiger partial charge is 0.388 e. The molecule has 0 fully saturated rings. The molecule has 1 unspecified atom stereocenters.